The number of aryl methyl sites for hydroxylation is 3. The molecule has 3 rings (SSSR count). The summed E-state index contributed by atoms with van der Waals surface area (Å²) >= 11 is 0. The van der Waals surface area contributed by atoms with Crippen LogP contribution in [0.1, 0.15) is 27.7 Å². The van der Waals surface area contributed by atoms with Gasteiger partial charge in [-0.25, -0.2) is 4.98 Å². The Balaban J connectivity index is 1.59. The van der Waals surface area contributed by atoms with E-state index in [4.69, 9.17) is 0 Å². The Bertz CT molecular complexity index is 848. The summed E-state index contributed by atoms with van der Waals surface area (Å²) in [6.45, 7) is 6.91. The van der Waals surface area contributed by atoms with E-state index < -0.39 is 0 Å². The smallest absolute Gasteiger partial charge is 0.271 e. The monoisotopic (exact) mass is 325 g/mol. The van der Waals surface area contributed by atoms with Crippen molar-refractivity contribution in [2.75, 3.05) is 6.54 Å². The SMILES string of the molecule is Cc1cc(C)n(CCNC(=O)c2ccc(-n3ccnc3C)nn2)n1. The summed E-state index contributed by atoms with van der Waals surface area (Å²) in [5.74, 6) is 1.19. The van der Waals surface area contributed by atoms with Gasteiger partial charge in [-0.2, -0.15) is 5.10 Å². The van der Waals surface area contributed by atoms with Crippen molar-refractivity contribution in [3.05, 3.63) is 53.5 Å². The Morgan fingerprint density at radius 3 is 2.62 bits per heavy atom. The van der Waals surface area contributed by atoms with E-state index >= 15 is 0 Å². The zero-order valence-corrected chi connectivity index (χ0v) is 13.9. The van der Waals surface area contributed by atoms with Crippen molar-refractivity contribution in [2.24, 2.45) is 0 Å². The molecule has 3 aromatic heterocycles. The van der Waals surface area contributed by atoms with Crippen molar-refractivity contribution in [1.29, 1.82) is 0 Å². The number of hydrogen-bond donors (Lipinski definition) is 1. The number of nitrogens with one attached hydrogen (secondary N) is 1. The first kappa shape index (κ1) is 15.9. The van der Waals surface area contributed by atoms with E-state index in [1.807, 2.05) is 31.5 Å². The summed E-state index contributed by atoms with van der Waals surface area (Å²) in [5, 5.41) is 15.3. The van der Waals surface area contributed by atoms with Gasteiger partial charge in [0, 0.05) is 24.6 Å². The molecule has 0 aliphatic rings. The van der Waals surface area contributed by atoms with E-state index in [0.29, 0.717) is 18.9 Å². The van der Waals surface area contributed by atoms with E-state index in [-0.39, 0.29) is 11.6 Å². The maximum atomic E-state index is 12.1. The van der Waals surface area contributed by atoms with Crippen LogP contribution in [0.2, 0.25) is 0 Å². The molecule has 3 heterocycles. The lowest BCUT2D eigenvalue weighted by molar-refractivity contribution is 0.0946. The van der Waals surface area contributed by atoms with Gasteiger partial charge < -0.3 is 5.32 Å². The molecule has 0 fully saturated rings. The van der Waals surface area contributed by atoms with Crippen LogP contribution in [-0.2, 0) is 6.54 Å². The third-order valence-electron chi connectivity index (χ3n) is 3.67. The zero-order chi connectivity index (χ0) is 17.1. The largest absolute Gasteiger partial charge is 0.349 e. The van der Waals surface area contributed by atoms with Crippen molar-refractivity contribution < 1.29 is 4.79 Å². The topological polar surface area (TPSA) is 90.5 Å². The number of imidazole rings is 1. The first-order chi connectivity index (χ1) is 11.5. The molecule has 0 saturated heterocycles. The highest BCUT2D eigenvalue weighted by Crippen LogP contribution is 2.06. The summed E-state index contributed by atoms with van der Waals surface area (Å²) in [7, 11) is 0. The molecule has 0 spiro atoms. The summed E-state index contributed by atoms with van der Waals surface area (Å²) < 4.78 is 3.67. The van der Waals surface area contributed by atoms with Crippen LogP contribution in [0.25, 0.3) is 5.82 Å². The van der Waals surface area contributed by atoms with E-state index in [2.05, 4.69) is 25.6 Å². The second kappa shape index (κ2) is 6.61. The van der Waals surface area contributed by atoms with E-state index in [0.717, 1.165) is 17.2 Å². The molecule has 1 N–H and O–H groups in total. The fourth-order valence-corrected chi connectivity index (χ4v) is 2.46. The molecule has 0 radical (unpaired) electrons. The van der Waals surface area contributed by atoms with Crippen LogP contribution in [-0.4, -0.2) is 42.0 Å². The molecule has 0 saturated carbocycles. The van der Waals surface area contributed by atoms with Gasteiger partial charge in [-0.1, -0.05) is 0 Å². The van der Waals surface area contributed by atoms with Crippen molar-refractivity contribution in [3.8, 4) is 5.82 Å². The number of aromatic nitrogens is 6. The van der Waals surface area contributed by atoms with Crippen molar-refractivity contribution in [1.82, 2.24) is 34.8 Å². The van der Waals surface area contributed by atoms with Crippen LogP contribution >= 0.6 is 0 Å². The van der Waals surface area contributed by atoms with Gasteiger partial charge in [0.15, 0.2) is 11.5 Å². The second-order valence-electron chi connectivity index (χ2n) is 5.53. The number of carbonyl (C=O) groups excluding carboxylic acids is 1. The van der Waals surface area contributed by atoms with Crippen LogP contribution in [0.3, 0.4) is 0 Å². The molecule has 0 unspecified atom stereocenters. The number of carbonyl (C=O) groups is 1. The van der Waals surface area contributed by atoms with E-state index in [9.17, 15) is 4.79 Å². The van der Waals surface area contributed by atoms with Crippen LogP contribution in [0.15, 0.2) is 30.6 Å². The van der Waals surface area contributed by atoms with Gasteiger partial charge in [-0.3, -0.25) is 14.0 Å². The minimum atomic E-state index is -0.252. The molecule has 3 aromatic rings. The Kier molecular flexibility index (Phi) is 4.37. The van der Waals surface area contributed by atoms with Gasteiger partial charge in [0.1, 0.15) is 5.82 Å². The second-order valence-corrected chi connectivity index (χ2v) is 5.53. The molecule has 24 heavy (non-hydrogen) atoms. The lowest BCUT2D eigenvalue weighted by atomic mass is 10.3. The molecule has 8 nitrogen and oxygen atoms in total. The molecule has 0 aromatic carbocycles. The summed E-state index contributed by atoms with van der Waals surface area (Å²) in [5.41, 5.74) is 2.32. The maximum absolute atomic E-state index is 12.1. The predicted molar refractivity (Wildman–Crippen MR) is 87.9 cm³/mol. The minimum absolute atomic E-state index is 0.252. The van der Waals surface area contributed by atoms with Crippen LogP contribution in [0.5, 0.6) is 0 Å². The van der Waals surface area contributed by atoms with Gasteiger partial charge in [0.2, 0.25) is 0 Å². The molecule has 0 bridgehead atoms. The first-order valence-corrected chi connectivity index (χ1v) is 7.68. The van der Waals surface area contributed by atoms with E-state index in [1.165, 1.54) is 0 Å². The van der Waals surface area contributed by atoms with Crippen molar-refractivity contribution in [2.45, 2.75) is 27.3 Å². The standard InChI is InChI=1S/C16H19N7O/c1-11-10-12(2)23(21-11)9-7-18-16(24)14-4-5-15(20-19-14)22-8-6-17-13(22)3/h4-6,8,10H,7,9H2,1-3H3,(H,18,24). The first-order valence-electron chi connectivity index (χ1n) is 7.68. The molecular weight excluding hydrogens is 306 g/mol. The molecule has 0 aliphatic heterocycles. The summed E-state index contributed by atoms with van der Waals surface area (Å²) in [6, 6.07) is 5.40. The highest BCUT2D eigenvalue weighted by atomic mass is 16.1. The predicted octanol–water partition coefficient (Wildman–Crippen LogP) is 1.21. The average Bonchev–Trinajstić information content (AvgIpc) is 3.13. The van der Waals surface area contributed by atoms with Gasteiger partial charge in [0.25, 0.3) is 5.91 Å². The Morgan fingerprint density at radius 1 is 1.21 bits per heavy atom. The normalized spacial score (nSPS) is 10.8. The Morgan fingerprint density at radius 2 is 2.04 bits per heavy atom. The molecular formula is C16H19N7O. The number of amides is 1. The highest BCUT2D eigenvalue weighted by molar-refractivity contribution is 5.92. The molecule has 124 valence electrons. The van der Waals surface area contributed by atoms with Crippen molar-refractivity contribution in [3.63, 3.8) is 0 Å². The van der Waals surface area contributed by atoms with E-state index in [1.54, 1.807) is 29.1 Å². The lowest BCUT2D eigenvalue weighted by Gasteiger charge is -2.07. The molecule has 0 atom stereocenters. The van der Waals surface area contributed by atoms with Crippen LogP contribution < -0.4 is 5.32 Å². The van der Waals surface area contributed by atoms with Gasteiger partial charge in [-0.05, 0) is 39.0 Å². The Labute approximate surface area is 139 Å². The van der Waals surface area contributed by atoms with Crippen LogP contribution in [0.4, 0.5) is 0 Å². The Hall–Kier alpha value is -3.03. The highest BCUT2D eigenvalue weighted by Gasteiger charge is 2.09. The fourth-order valence-electron chi connectivity index (χ4n) is 2.46. The number of nitrogens with zero attached hydrogens (tertiary/aromatic N) is 6. The summed E-state index contributed by atoms with van der Waals surface area (Å²) in [4.78, 5) is 16.3. The molecule has 1 amide bonds. The number of hydrogen-bond acceptors (Lipinski definition) is 5. The van der Waals surface area contributed by atoms with Gasteiger partial charge >= 0.3 is 0 Å². The third-order valence-corrected chi connectivity index (χ3v) is 3.67. The van der Waals surface area contributed by atoms with Crippen molar-refractivity contribution >= 4 is 5.91 Å². The van der Waals surface area contributed by atoms with Gasteiger partial charge in [0.05, 0.1) is 12.2 Å². The molecule has 0 aliphatic carbocycles. The van der Waals surface area contributed by atoms with Crippen LogP contribution in [0, 0.1) is 20.8 Å². The van der Waals surface area contributed by atoms with Gasteiger partial charge in [-0.15, -0.1) is 10.2 Å². The fraction of sp³-hybridized carbons (Fsp3) is 0.312. The average molecular weight is 325 g/mol. The quantitative estimate of drug-likeness (QED) is 0.761. The lowest BCUT2D eigenvalue weighted by Crippen LogP contribution is -2.28. The zero-order valence-electron chi connectivity index (χ0n) is 13.9. The summed E-state index contributed by atoms with van der Waals surface area (Å²) in [6.07, 6.45) is 3.49. The molecule has 8 heteroatoms. The number of rotatable bonds is 5. The maximum Gasteiger partial charge on any atom is 0.271 e. The minimum Gasteiger partial charge on any atom is -0.349 e. The third kappa shape index (κ3) is 3.32.